The van der Waals surface area contributed by atoms with Gasteiger partial charge in [-0.05, 0) is 34.1 Å². The van der Waals surface area contributed by atoms with Gasteiger partial charge in [-0.3, -0.25) is 9.69 Å². The highest BCUT2D eigenvalue weighted by atomic mass is 16.6. The number of hydrogen-bond acceptors (Lipinski definition) is 6. The van der Waals surface area contributed by atoms with Gasteiger partial charge in [0, 0.05) is 52.5 Å². The van der Waals surface area contributed by atoms with Crippen molar-refractivity contribution < 1.29 is 19.1 Å². The molecule has 0 aromatic carbocycles. The van der Waals surface area contributed by atoms with Crippen LogP contribution in [-0.4, -0.2) is 85.9 Å². The SMILES string of the molecule is COCCCNC(=O)C(C)N1CCN(C(=O)OC(C)(C)C)CC1CN. The maximum absolute atomic E-state index is 12.3. The molecule has 3 N–H and O–H groups in total. The van der Waals surface area contributed by atoms with Crippen molar-refractivity contribution in [3.8, 4) is 0 Å². The third-order valence-corrected chi connectivity index (χ3v) is 4.15. The van der Waals surface area contributed by atoms with Gasteiger partial charge < -0.3 is 25.4 Å². The van der Waals surface area contributed by atoms with E-state index in [0.29, 0.717) is 39.3 Å². The van der Waals surface area contributed by atoms with Gasteiger partial charge in [0.15, 0.2) is 0 Å². The van der Waals surface area contributed by atoms with Gasteiger partial charge in [-0.1, -0.05) is 0 Å². The molecule has 0 aromatic heterocycles. The standard InChI is InChI=1S/C17H34N4O4/c1-13(15(22)19-7-6-10-24-5)21-9-8-20(12-14(21)11-18)16(23)25-17(2,3)4/h13-14H,6-12,18H2,1-5H3,(H,19,22). The van der Waals surface area contributed by atoms with Crippen LogP contribution in [0, 0.1) is 0 Å². The predicted octanol–water partition coefficient (Wildman–Crippen LogP) is 0.408. The minimum Gasteiger partial charge on any atom is -0.444 e. The molecule has 1 aliphatic heterocycles. The van der Waals surface area contributed by atoms with Crippen LogP contribution in [0.4, 0.5) is 4.79 Å². The van der Waals surface area contributed by atoms with E-state index in [-0.39, 0.29) is 24.1 Å². The van der Waals surface area contributed by atoms with E-state index < -0.39 is 5.60 Å². The topological polar surface area (TPSA) is 97.1 Å². The first-order valence-corrected chi connectivity index (χ1v) is 8.90. The largest absolute Gasteiger partial charge is 0.444 e. The molecule has 0 saturated carbocycles. The molecule has 146 valence electrons. The molecule has 2 amide bonds. The highest BCUT2D eigenvalue weighted by Crippen LogP contribution is 2.16. The normalized spacial score (nSPS) is 20.2. The number of nitrogens with one attached hydrogen (secondary N) is 1. The lowest BCUT2D eigenvalue weighted by Gasteiger charge is -2.43. The molecule has 2 unspecified atom stereocenters. The van der Waals surface area contributed by atoms with Crippen molar-refractivity contribution in [2.45, 2.75) is 51.8 Å². The van der Waals surface area contributed by atoms with Crippen LogP contribution < -0.4 is 11.1 Å². The molecule has 8 nitrogen and oxygen atoms in total. The lowest BCUT2D eigenvalue weighted by atomic mass is 10.1. The Kier molecular flexibility index (Phi) is 8.61. The Balaban J connectivity index is 2.57. The fraction of sp³-hybridized carbons (Fsp3) is 0.882. The van der Waals surface area contributed by atoms with Gasteiger partial charge >= 0.3 is 6.09 Å². The maximum Gasteiger partial charge on any atom is 0.410 e. The monoisotopic (exact) mass is 358 g/mol. The zero-order valence-corrected chi connectivity index (χ0v) is 16.2. The number of amides is 2. The van der Waals surface area contributed by atoms with Crippen LogP contribution in [-0.2, 0) is 14.3 Å². The number of nitrogens with zero attached hydrogens (tertiary/aromatic N) is 2. The fourth-order valence-corrected chi connectivity index (χ4v) is 2.81. The van der Waals surface area contributed by atoms with E-state index in [1.54, 1.807) is 12.0 Å². The van der Waals surface area contributed by atoms with Gasteiger partial charge in [-0.25, -0.2) is 4.79 Å². The second kappa shape index (κ2) is 9.94. The van der Waals surface area contributed by atoms with E-state index in [4.69, 9.17) is 15.2 Å². The molecule has 1 heterocycles. The Morgan fingerprint density at radius 2 is 2.00 bits per heavy atom. The van der Waals surface area contributed by atoms with Crippen LogP contribution in [0.15, 0.2) is 0 Å². The lowest BCUT2D eigenvalue weighted by Crippen LogP contribution is -2.62. The highest BCUT2D eigenvalue weighted by Gasteiger charge is 2.35. The highest BCUT2D eigenvalue weighted by molar-refractivity contribution is 5.81. The number of carbonyl (C=O) groups is 2. The molecule has 0 radical (unpaired) electrons. The molecule has 1 aliphatic rings. The predicted molar refractivity (Wildman–Crippen MR) is 96.3 cm³/mol. The van der Waals surface area contributed by atoms with Crippen molar-refractivity contribution >= 4 is 12.0 Å². The summed E-state index contributed by atoms with van der Waals surface area (Å²) in [6, 6.07) is -0.363. The Morgan fingerprint density at radius 1 is 1.32 bits per heavy atom. The molecule has 0 aliphatic carbocycles. The summed E-state index contributed by atoms with van der Waals surface area (Å²) < 4.78 is 10.4. The zero-order valence-electron chi connectivity index (χ0n) is 16.2. The zero-order chi connectivity index (χ0) is 19.0. The average molecular weight is 358 g/mol. The molecule has 1 rings (SSSR count). The molecule has 0 spiro atoms. The Hall–Kier alpha value is -1.38. The summed E-state index contributed by atoms with van der Waals surface area (Å²) >= 11 is 0. The number of ether oxygens (including phenoxy) is 2. The lowest BCUT2D eigenvalue weighted by molar-refractivity contribution is -0.127. The van der Waals surface area contributed by atoms with Crippen LogP contribution in [0.1, 0.15) is 34.1 Å². The molecule has 1 fully saturated rings. The van der Waals surface area contributed by atoms with Gasteiger partial charge in [0.1, 0.15) is 5.60 Å². The van der Waals surface area contributed by atoms with Crippen LogP contribution in [0.3, 0.4) is 0 Å². The van der Waals surface area contributed by atoms with E-state index in [2.05, 4.69) is 10.2 Å². The number of hydrogen-bond donors (Lipinski definition) is 2. The molecule has 0 aromatic rings. The van der Waals surface area contributed by atoms with Gasteiger partial charge in [0.25, 0.3) is 0 Å². The second-order valence-electron chi connectivity index (χ2n) is 7.37. The van der Waals surface area contributed by atoms with Crippen molar-refractivity contribution in [3.63, 3.8) is 0 Å². The first kappa shape index (κ1) is 21.7. The summed E-state index contributed by atoms with van der Waals surface area (Å²) in [5.74, 6) is -0.0275. The second-order valence-corrected chi connectivity index (χ2v) is 7.37. The van der Waals surface area contributed by atoms with Crippen LogP contribution >= 0.6 is 0 Å². The van der Waals surface area contributed by atoms with E-state index in [0.717, 1.165) is 6.42 Å². The van der Waals surface area contributed by atoms with Gasteiger partial charge in [0.2, 0.25) is 5.91 Å². The molecule has 8 heteroatoms. The molecule has 1 saturated heterocycles. The van der Waals surface area contributed by atoms with Crippen molar-refractivity contribution in [1.82, 2.24) is 15.1 Å². The van der Waals surface area contributed by atoms with E-state index in [1.165, 1.54) is 0 Å². The number of rotatable bonds is 7. The molecule has 2 atom stereocenters. The molecular weight excluding hydrogens is 324 g/mol. The molecule has 0 bridgehead atoms. The number of carbonyl (C=O) groups excluding carboxylic acids is 2. The maximum atomic E-state index is 12.3. The minimum absolute atomic E-state index is 0.0275. The van der Waals surface area contributed by atoms with Crippen LogP contribution in [0.25, 0.3) is 0 Å². The summed E-state index contributed by atoms with van der Waals surface area (Å²) in [6.07, 6.45) is 0.448. The van der Waals surface area contributed by atoms with E-state index in [9.17, 15) is 9.59 Å². The smallest absolute Gasteiger partial charge is 0.410 e. The quantitative estimate of drug-likeness (QED) is 0.640. The fourth-order valence-electron chi connectivity index (χ4n) is 2.81. The Bertz CT molecular complexity index is 439. The van der Waals surface area contributed by atoms with Crippen molar-refractivity contribution in [1.29, 1.82) is 0 Å². The Morgan fingerprint density at radius 3 is 2.56 bits per heavy atom. The van der Waals surface area contributed by atoms with Gasteiger partial charge in [-0.15, -0.1) is 0 Å². The van der Waals surface area contributed by atoms with Crippen LogP contribution in [0.5, 0.6) is 0 Å². The number of piperazine rings is 1. The summed E-state index contributed by atoms with van der Waals surface area (Å²) in [6.45, 7) is 10.6. The number of nitrogens with two attached hydrogens (primary N) is 1. The Labute approximate surface area is 151 Å². The summed E-state index contributed by atoms with van der Waals surface area (Å²) in [5, 5.41) is 2.92. The minimum atomic E-state index is -0.526. The number of methoxy groups -OCH3 is 1. The van der Waals surface area contributed by atoms with Gasteiger partial charge in [-0.2, -0.15) is 0 Å². The van der Waals surface area contributed by atoms with Crippen molar-refractivity contribution in [2.24, 2.45) is 5.73 Å². The van der Waals surface area contributed by atoms with E-state index in [1.807, 2.05) is 27.7 Å². The third kappa shape index (κ3) is 7.17. The molecular formula is C17H34N4O4. The summed E-state index contributed by atoms with van der Waals surface area (Å²) in [7, 11) is 1.64. The van der Waals surface area contributed by atoms with Crippen molar-refractivity contribution in [2.75, 3.05) is 46.4 Å². The average Bonchev–Trinajstić information content (AvgIpc) is 2.55. The van der Waals surface area contributed by atoms with Gasteiger partial charge in [0.05, 0.1) is 6.04 Å². The van der Waals surface area contributed by atoms with E-state index >= 15 is 0 Å². The first-order valence-electron chi connectivity index (χ1n) is 8.90. The summed E-state index contributed by atoms with van der Waals surface area (Å²) in [5.41, 5.74) is 5.37. The first-order chi connectivity index (χ1) is 11.7. The molecule has 25 heavy (non-hydrogen) atoms. The third-order valence-electron chi connectivity index (χ3n) is 4.15. The van der Waals surface area contributed by atoms with Crippen molar-refractivity contribution in [3.05, 3.63) is 0 Å². The summed E-state index contributed by atoms with van der Waals surface area (Å²) in [4.78, 5) is 28.3. The van der Waals surface area contributed by atoms with Crippen LogP contribution in [0.2, 0.25) is 0 Å².